The lowest BCUT2D eigenvalue weighted by atomic mass is 9.93. The van der Waals surface area contributed by atoms with Crippen LogP contribution >= 0.6 is 11.6 Å². The van der Waals surface area contributed by atoms with Gasteiger partial charge in [0.25, 0.3) is 0 Å². The zero-order valence-corrected chi connectivity index (χ0v) is 10.3. The van der Waals surface area contributed by atoms with E-state index in [0.717, 1.165) is 22.0 Å². The van der Waals surface area contributed by atoms with Crippen LogP contribution < -0.4 is 0 Å². The minimum atomic E-state index is -0.898. The standard InChI is InChI=1S/C13H14ClNO/c1-8-4-9-6-10(14)7-15-12(9)11(5-8)13(2,3)16/h4-7,16H,1-3H3. The van der Waals surface area contributed by atoms with Gasteiger partial charge in [-0.05, 0) is 38.5 Å². The molecule has 84 valence electrons. The van der Waals surface area contributed by atoms with Gasteiger partial charge in [-0.1, -0.05) is 17.7 Å². The highest BCUT2D eigenvalue weighted by Gasteiger charge is 2.20. The molecule has 0 radical (unpaired) electrons. The minimum Gasteiger partial charge on any atom is -0.386 e. The van der Waals surface area contributed by atoms with Gasteiger partial charge >= 0.3 is 0 Å². The summed E-state index contributed by atoms with van der Waals surface area (Å²) < 4.78 is 0. The van der Waals surface area contributed by atoms with E-state index in [9.17, 15) is 5.11 Å². The number of fused-ring (bicyclic) bond motifs is 1. The second-order valence-corrected chi connectivity index (χ2v) is 5.03. The molecule has 16 heavy (non-hydrogen) atoms. The average molecular weight is 236 g/mol. The first kappa shape index (κ1) is 11.4. The molecule has 0 unspecified atom stereocenters. The first-order valence-corrected chi connectivity index (χ1v) is 5.54. The largest absolute Gasteiger partial charge is 0.386 e. The number of rotatable bonds is 1. The molecule has 0 fully saturated rings. The predicted molar refractivity (Wildman–Crippen MR) is 66.7 cm³/mol. The summed E-state index contributed by atoms with van der Waals surface area (Å²) in [7, 11) is 0. The van der Waals surface area contributed by atoms with Gasteiger partial charge in [0.15, 0.2) is 0 Å². The third-order valence-electron chi connectivity index (χ3n) is 2.55. The van der Waals surface area contributed by atoms with Crippen LogP contribution in [0.4, 0.5) is 0 Å². The highest BCUT2D eigenvalue weighted by Crippen LogP contribution is 2.29. The van der Waals surface area contributed by atoms with Gasteiger partial charge in [0.05, 0.1) is 16.1 Å². The Balaban J connectivity index is 2.83. The van der Waals surface area contributed by atoms with E-state index in [1.54, 1.807) is 20.0 Å². The number of aliphatic hydroxyl groups is 1. The molecule has 0 bridgehead atoms. The number of hydrogen-bond donors (Lipinski definition) is 1. The van der Waals surface area contributed by atoms with Gasteiger partial charge in [0, 0.05) is 17.1 Å². The quantitative estimate of drug-likeness (QED) is 0.822. The van der Waals surface area contributed by atoms with Gasteiger partial charge in [-0.25, -0.2) is 0 Å². The van der Waals surface area contributed by atoms with Crippen molar-refractivity contribution in [3.63, 3.8) is 0 Å². The summed E-state index contributed by atoms with van der Waals surface area (Å²) in [6.07, 6.45) is 1.61. The molecule has 0 aliphatic heterocycles. The first-order valence-electron chi connectivity index (χ1n) is 5.17. The predicted octanol–water partition coefficient (Wildman–Crippen LogP) is 3.42. The highest BCUT2D eigenvalue weighted by molar-refractivity contribution is 6.31. The molecule has 0 spiro atoms. The van der Waals surface area contributed by atoms with Crippen LogP contribution in [-0.4, -0.2) is 10.1 Å². The van der Waals surface area contributed by atoms with E-state index in [0.29, 0.717) is 5.02 Å². The van der Waals surface area contributed by atoms with Gasteiger partial charge in [-0.2, -0.15) is 0 Å². The third kappa shape index (κ3) is 2.04. The molecule has 0 aliphatic carbocycles. The van der Waals surface area contributed by atoms with Crippen LogP contribution in [-0.2, 0) is 5.60 Å². The maximum absolute atomic E-state index is 10.1. The van der Waals surface area contributed by atoms with E-state index >= 15 is 0 Å². The third-order valence-corrected chi connectivity index (χ3v) is 2.76. The summed E-state index contributed by atoms with van der Waals surface area (Å²) >= 11 is 5.91. The van der Waals surface area contributed by atoms with Gasteiger partial charge in [0.2, 0.25) is 0 Å². The molecule has 0 saturated heterocycles. The monoisotopic (exact) mass is 235 g/mol. The van der Waals surface area contributed by atoms with Crippen LogP contribution in [0, 0.1) is 6.92 Å². The maximum atomic E-state index is 10.1. The van der Waals surface area contributed by atoms with Gasteiger partial charge in [-0.15, -0.1) is 0 Å². The van der Waals surface area contributed by atoms with Crippen LogP contribution in [0.5, 0.6) is 0 Å². The van der Waals surface area contributed by atoms with Crippen molar-refractivity contribution in [3.8, 4) is 0 Å². The normalized spacial score (nSPS) is 12.1. The second-order valence-electron chi connectivity index (χ2n) is 4.60. The Bertz CT molecular complexity index is 538. The average Bonchev–Trinajstić information content (AvgIpc) is 2.14. The molecule has 2 rings (SSSR count). The van der Waals surface area contributed by atoms with Crippen molar-refractivity contribution in [2.24, 2.45) is 0 Å². The molecule has 2 aromatic rings. The van der Waals surface area contributed by atoms with Gasteiger partial charge in [0.1, 0.15) is 0 Å². The first-order chi connectivity index (χ1) is 7.38. The molecule has 0 saturated carbocycles. The van der Waals surface area contributed by atoms with E-state index in [1.165, 1.54) is 0 Å². The van der Waals surface area contributed by atoms with Crippen molar-refractivity contribution < 1.29 is 5.11 Å². The van der Waals surface area contributed by atoms with Crippen molar-refractivity contribution >= 4 is 22.5 Å². The molecular formula is C13H14ClNO. The van der Waals surface area contributed by atoms with E-state index in [2.05, 4.69) is 4.98 Å². The molecule has 1 N–H and O–H groups in total. The number of nitrogens with zero attached hydrogens (tertiary/aromatic N) is 1. The van der Waals surface area contributed by atoms with E-state index < -0.39 is 5.60 Å². The Morgan fingerprint density at radius 2 is 1.94 bits per heavy atom. The van der Waals surface area contributed by atoms with Gasteiger partial charge in [-0.3, -0.25) is 4.98 Å². The Hall–Kier alpha value is -1.12. The fourth-order valence-electron chi connectivity index (χ4n) is 1.84. The van der Waals surface area contributed by atoms with Crippen LogP contribution in [0.15, 0.2) is 24.4 Å². The lowest BCUT2D eigenvalue weighted by molar-refractivity contribution is 0.0799. The van der Waals surface area contributed by atoms with E-state index in [1.807, 2.05) is 25.1 Å². The summed E-state index contributed by atoms with van der Waals surface area (Å²) in [5, 5.41) is 11.7. The summed E-state index contributed by atoms with van der Waals surface area (Å²) in [6, 6.07) is 5.85. The fraction of sp³-hybridized carbons (Fsp3) is 0.308. The Morgan fingerprint density at radius 3 is 2.56 bits per heavy atom. The van der Waals surface area contributed by atoms with Crippen LogP contribution in [0.3, 0.4) is 0 Å². The lowest BCUT2D eigenvalue weighted by Crippen LogP contribution is -2.16. The topological polar surface area (TPSA) is 33.1 Å². The van der Waals surface area contributed by atoms with E-state index in [4.69, 9.17) is 11.6 Å². The van der Waals surface area contributed by atoms with Crippen molar-refractivity contribution in [1.82, 2.24) is 4.98 Å². The van der Waals surface area contributed by atoms with Crippen molar-refractivity contribution in [2.45, 2.75) is 26.4 Å². The Kier molecular flexibility index (Phi) is 2.64. The molecule has 3 heteroatoms. The summed E-state index contributed by atoms with van der Waals surface area (Å²) in [6.45, 7) is 5.52. The zero-order valence-electron chi connectivity index (χ0n) is 9.58. The van der Waals surface area contributed by atoms with Crippen LogP contribution in [0.25, 0.3) is 10.9 Å². The van der Waals surface area contributed by atoms with E-state index in [-0.39, 0.29) is 0 Å². The molecule has 1 aromatic heterocycles. The highest BCUT2D eigenvalue weighted by atomic mass is 35.5. The second kappa shape index (κ2) is 3.72. The van der Waals surface area contributed by atoms with Crippen molar-refractivity contribution in [3.05, 3.63) is 40.5 Å². The summed E-state index contributed by atoms with van der Waals surface area (Å²) in [5.74, 6) is 0. The number of benzene rings is 1. The SMILES string of the molecule is Cc1cc(C(C)(C)O)c2ncc(Cl)cc2c1. The number of halogens is 1. The number of aromatic nitrogens is 1. The molecule has 2 nitrogen and oxygen atoms in total. The number of hydrogen-bond acceptors (Lipinski definition) is 2. The minimum absolute atomic E-state index is 0.611. The number of pyridine rings is 1. The smallest absolute Gasteiger partial charge is 0.0861 e. The molecular weight excluding hydrogens is 222 g/mol. The molecule has 0 amide bonds. The molecule has 1 heterocycles. The van der Waals surface area contributed by atoms with Crippen molar-refractivity contribution in [2.75, 3.05) is 0 Å². The number of aryl methyl sites for hydroxylation is 1. The molecule has 0 aliphatic rings. The Morgan fingerprint density at radius 1 is 1.25 bits per heavy atom. The maximum Gasteiger partial charge on any atom is 0.0861 e. The molecule has 0 atom stereocenters. The van der Waals surface area contributed by atoms with Gasteiger partial charge < -0.3 is 5.11 Å². The zero-order chi connectivity index (χ0) is 11.9. The lowest BCUT2D eigenvalue weighted by Gasteiger charge is -2.20. The van der Waals surface area contributed by atoms with Crippen LogP contribution in [0.1, 0.15) is 25.0 Å². The summed E-state index contributed by atoms with van der Waals surface area (Å²) in [5.41, 5.74) is 1.83. The molecule has 1 aromatic carbocycles. The summed E-state index contributed by atoms with van der Waals surface area (Å²) in [4.78, 5) is 4.30. The fourth-order valence-corrected chi connectivity index (χ4v) is 2.01. The van der Waals surface area contributed by atoms with Crippen LogP contribution in [0.2, 0.25) is 5.02 Å². The Labute approximate surface area is 99.9 Å². The van der Waals surface area contributed by atoms with Crippen molar-refractivity contribution in [1.29, 1.82) is 0 Å².